The van der Waals surface area contributed by atoms with Gasteiger partial charge in [0.05, 0.1) is 17.8 Å². The van der Waals surface area contributed by atoms with Gasteiger partial charge in [-0.05, 0) is 19.9 Å². The van der Waals surface area contributed by atoms with Crippen molar-refractivity contribution in [1.82, 2.24) is 10.3 Å². The number of thiazole rings is 1. The van der Waals surface area contributed by atoms with Crippen LogP contribution < -0.4 is 10.1 Å². The van der Waals surface area contributed by atoms with E-state index in [0.717, 1.165) is 22.0 Å². The molecule has 5 heteroatoms. The molecule has 2 rings (SSSR count). The summed E-state index contributed by atoms with van der Waals surface area (Å²) in [5.74, 6) is 0.829. The fourth-order valence-electron chi connectivity index (χ4n) is 2.00. The highest BCUT2D eigenvalue weighted by molar-refractivity contribution is 7.11. The van der Waals surface area contributed by atoms with Crippen LogP contribution in [0.15, 0.2) is 24.3 Å². The maximum atomic E-state index is 11.9. The molecule has 1 N–H and O–H groups in total. The molecule has 21 heavy (non-hydrogen) atoms. The molecule has 0 unspecified atom stereocenters. The summed E-state index contributed by atoms with van der Waals surface area (Å²) in [6, 6.07) is 7.69. The Labute approximate surface area is 129 Å². The van der Waals surface area contributed by atoms with Crippen LogP contribution in [0.3, 0.4) is 0 Å². The largest absolute Gasteiger partial charge is 0.496 e. The lowest BCUT2D eigenvalue weighted by atomic mass is 10.2. The maximum absolute atomic E-state index is 11.9. The molecule has 0 spiro atoms. The first-order valence-electron chi connectivity index (χ1n) is 6.91. The van der Waals surface area contributed by atoms with Crippen molar-refractivity contribution < 1.29 is 9.53 Å². The van der Waals surface area contributed by atoms with Gasteiger partial charge in [0, 0.05) is 29.8 Å². The van der Waals surface area contributed by atoms with Gasteiger partial charge in [0.25, 0.3) is 0 Å². The van der Waals surface area contributed by atoms with Gasteiger partial charge in [0.15, 0.2) is 0 Å². The SMILES string of the molecule is COc1ccccc1CNC(=O)CCc1nc(C)c(C)s1. The molecule has 112 valence electrons. The number of hydrogen-bond acceptors (Lipinski definition) is 4. The van der Waals surface area contributed by atoms with E-state index >= 15 is 0 Å². The average molecular weight is 304 g/mol. The van der Waals surface area contributed by atoms with E-state index in [1.165, 1.54) is 4.88 Å². The minimum Gasteiger partial charge on any atom is -0.496 e. The lowest BCUT2D eigenvalue weighted by Crippen LogP contribution is -2.23. The van der Waals surface area contributed by atoms with E-state index in [4.69, 9.17) is 4.74 Å². The Bertz CT molecular complexity index is 603. The molecule has 0 aliphatic rings. The van der Waals surface area contributed by atoms with E-state index < -0.39 is 0 Å². The number of rotatable bonds is 6. The monoisotopic (exact) mass is 304 g/mol. The Morgan fingerprint density at radius 1 is 1.33 bits per heavy atom. The summed E-state index contributed by atoms with van der Waals surface area (Å²) in [5.41, 5.74) is 2.04. The lowest BCUT2D eigenvalue weighted by molar-refractivity contribution is -0.121. The van der Waals surface area contributed by atoms with E-state index in [9.17, 15) is 4.79 Å². The molecule has 1 heterocycles. The Morgan fingerprint density at radius 3 is 2.76 bits per heavy atom. The van der Waals surface area contributed by atoms with Crippen LogP contribution in [-0.4, -0.2) is 18.0 Å². The second-order valence-electron chi connectivity index (χ2n) is 4.84. The molecule has 1 aromatic heterocycles. The van der Waals surface area contributed by atoms with E-state index in [2.05, 4.69) is 17.2 Å². The number of carbonyl (C=O) groups excluding carboxylic acids is 1. The van der Waals surface area contributed by atoms with Crippen molar-refractivity contribution in [2.75, 3.05) is 7.11 Å². The number of aryl methyl sites for hydroxylation is 3. The van der Waals surface area contributed by atoms with E-state index in [-0.39, 0.29) is 5.91 Å². The molecule has 2 aromatic rings. The number of nitrogens with one attached hydrogen (secondary N) is 1. The molecular weight excluding hydrogens is 284 g/mol. The van der Waals surface area contributed by atoms with Crippen molar-refractivity contribution in [3.8, 4) is 5.75 Å². The van der Waals surface area contributed by atoms with Crippen LogP contribution in [0, 0.1) is 13.8 Å². The molecule has 0 radical (unpaired) electrons. The van der Waals surface area contributed by atoms with Crippen LogP contribution in [0.2, 0.25) is 0 Å². The van der Waals surface area contributed by atoms with Crippen molar-refractivity contribution in [3.63, 3.8) is 0 Å². The molecular formula is C16H20N2O2S. The van der Waals surface area contributed by atoms with Crippen molar-refractivity contribution in [2.45, 2.75) is 33.2 Å². The first-order chi connectivity index (χ1) is 10.1. The van der Waals surface area contributed by atoms with Gasteiger partial charge in [-0.2, -0.15) is 0 Å². The zero-order chi connectivity index (χ0) is 15.2. The van der Waals surface area contributed by atoms with Crippen LogP contribution in [0.25, 0.3) is 0 Å². The van der Waals surface area contributed by atoms with Crippen LogP contribution in [0.5, 0.6) is 5.75 Å². The van der Waals surface area contributed by atoms with Gasteiger partial charge in [-0.25, -0.2) is 4.98 Å². The van der Waals surface area contributed by atoms with Crippen molar-refractivity contribution in [1.29, 1.82) is 0 Å². The van der Waals surface area contributed by atoms with Gasteiger partial charge in [-0.3, -0.25) is 4.79 Å². The zero-order valence-electron chi connectivity index (χ0n) is 12.6. The lowest BCUT2D eigenvalue weighted by Gasteiger charge is -2.09. The van der Waals surface area contributed by atoms with Gasteiger partial charge in [-0.15, -0.1) is 11.3 Å². The molecule has 0 fully saturated rings. The van der Waals surface area contributed by atoms with Gasteiger partial charge >= 0.3 is 0 Å². The number of ether oxygens (including phenoxy) is 1. The van der Waals surface area contributed by atoms with Crippen LogP contribution >= 0.6 is 11.3 Å². The first kappa shape index (κ1) is 15.5. The Morgan fingerprint density at radius 2 is 2.10 bits per heavy atom. The maximum Gasteiger partial charge on any atom is 0.220 e. The molecule has 0 atom stereocenters. The third-order valence-electron chi connectivity index (χ3n) is 3.31. The summed E-state index contributed by atoms with van der Waals surface area (Å²) in [6.07, 6.45) is 1.15. The number of aromatic nitrogens is 1. The summed E-state index contributed by atoms with van der Waals surface area (Å²) in [7, 11) is 1.63. The molecule has 0 bridgehead atoms. The summed E-state index contributed by atoms with van der Waals surface area (Å²) < 4.78 is 5.26. The van der Waals surface area contributed by atoms with Crippen LogP contribution in [0.4, 0.5) is 0 Å². The van der Waals surface area contributed by atoms with E-state index in [1.807, 2.05) is 31.2 Å². The highest BCUT2D eigenvalue weighted by atomic mass is 32.1. The quantitative estimate of drug-likeness (QED) is 0.892. The number of methoxy groups -OCH3 is 1. The molecule has 1 aromatic carbocycles. The number of amides is 1. The van der Waals surface area contributed by atoms with Crippen LogP contribution in [-0.2, 0) is 17.8 Å². The van der Waals surface area contributed by atoms with Gasteiger partial charge < -0.3 is 10.1 Å². The van der Waals surface area contributed by atoms with E-state index in [1.54, 1.807) is 18.4 Å². The standard InChI is InChI=1S/C16H20N2O2S/c1-11-12(2)21-16(18-11)9-8-15(19)17-10-13-6-4-5-7-14(13)20-3/h4-7H,8-10H2,1-3H3,(H,17,19). The summed E-state index contributed by atoms with van der Waals surface area (Å²) in [4.78, 5) is 17.6. The number of para-hydroxylation sites is 1. The third kappa shape index (κ3) is 4.29. The van der Waals surface area contributed by atoms with Crippen molar-refractivity contribution >= 4 is 17.2 Å². The molecule has 4 nitrogen and oxygen atoms in total. The third-order valence-corrected chi connectivity index (χ3v) is 4.44. The molecule has 0 aliphatic carbocycles. The summed E-state index contributed by atoms with van der Waals surface area (Å²) in [6.45, 7) is 4.54. The number of benzene rings is 1. The highest BCUT2D eigenvalue weighted by Gasteiger charge is 2.08. The Balaban J connectivity index is 1.82. The van der Waals surface area contributed by atoms with Gasteiger partial charge in [0.1, 0.15) is 5.75 Å². The van der Waals surface area contributed by atoms with Crippen molar-refractivity contribution in [2.24, 2.45) is 0 Å². The smallest absolute Gasteiger partial charge is 0.220 e. The normalized spacial score (nSPS) is 10.4. The fraction of sp³-hybridized carbons (Fsp3) is 0.375. The predicted molar refractivity (Wildman–Crippen MR) is 84.7 cm³/mol. The second-order valence-corrected chi connectivity index (χ2v) is 6.13. The molecule has 1 amide bonds. The van der Waals surface area contributed by atoms with Crippen molar-refractivity contribution in [3.05, 3.63) is 45.4 Å². The van der Waals surface area contributed by atoms with Gasteiger partial charge in [0.2, 0.25) is 5.91 Å². The second kappa shape index (κ2) is 7.22. The topological polar surface area (TPSA) is 51.2 Å². The molecule has 0 aliphatic heterocycles. The predicted octanol–water partition coefficient (Wildman–Crippen LogP) is 3.02. The number of nitrogens with zero attached hydrogens (tertiary/aromatic N) is 1. The summed E-state index contributed by atoms with van der Waals surface area (Å²) in [5, 5.41) is 3.95. The van der Waals surface area contributed by atoms with Crippen LogP contribution in [0.1, 0.15) is 27.6 Å². The highest BCUT2D eigenvalue weighted by Crippen LogP contribution is 2.18. The first-order valence-corrected chi connectivity index (χ1v) is 7.73. The fourth-order valence-corrected chi connectivity index (χ4v) is 2.93. The van der Waals surface area contributed by atoms with Gasteiger partial charge in [-0.1, -0.05) is 18.2 Å². The Hall–Kier alpha value is -1.88. The number of hydrogen-bond donors (Lipinski definition) is 1. The minimum absolute atomic E-state index is 0.0337. The minimum atomic E-state index is 0.0337. The summed E-state index contributed by atoms with van der Waals surface area (Å²) >= 11 is 1.67. The Kier molecular flexibility index (Phi) is 5.33. The molecule has 0 saturated heterocycles. The molecule has 0 saturated carbocycles. The average Bonchev–Trinajstić information content (AvgIpc) is 2.82. The van der Waals surface area contributed by atoms with E-state index in [0.29, 0.717) is 19.4 Å². The number of carbonyl (C=O) groups is 1. The zero-order valence-corrected chi connectivity index (χ0v) is 13.4.